The lowest BCUT2D eigenvalue weighted by Gasteiger charge is -2.21. The number of hydrogen-bond acceptors (Lipinski definition) is 3. The summed E-state index contributed by atoms with van der Waals surface area (Å²) in [5, 5.41) is 19.8. The molecule has 5 heteroatoms. The third-order valence-corrected chi connectivity index (χ3v) is 2.73. The van der Waals surface area contributed by atoms with E-state index in [1.165, 1.54) is 6.42 Å². The van der Waals surface area contributed by atoms with Gasteiger partial charge in [0.25, 0.3) is 0 Å². The molecule has 1 atom stereocenters. The molecule has 1 aliphatic rings. The lowest BCUT2D eigenvalue weighted by Crippen LogP contribution is -2.39. The van der Waals surface area contributed by atoms with Crippen LogP contribution in [-0.4, -0.2) is 34.7 Å². The van der Waals surface area contributed by atoms with E-state index in [9.17, 15) is 9.59 Å². The highest BCUT2D eigenvalue weighted by atomic mass is 16.4. The van der Waals surface area contributed by atoms with Gasteiger partial charge in [0.1, 0.15) is 0 Å². The molecule has 0 aromatic carbocycles. The number of amides is 1. The first kappa shape index (κ1) is 12.0. The van der Waals surface area contributed by atoms with E-state index >= 15 is 0 Å². The molecule has 1 amide bonds. The van der Waals surface area contributed by atoms with Gasteiger partial charge < -0.3 is 15.5 Å². The van der Waals surface area contributed by atoms with E-state index in [1.54, 1.807) is 0 Å². The van der Waals surface area contributed by atoms with Crippen LogP contribution in [0.2, 0.25) is 0 Å². The van der Waals surface area contributed by atoms with Crippen LogP contribution in [0.15, 0.2) is 0 Å². The first-order chi connectivity index (χ1) is 7.11. The lowest BCUT2D eigenvalue weighted by molar-refractivity contribution is -0.146. The van der Waals surface area contributed by atoms with E-state index in [0.717, 1.165) is 25.7 Å². The quantitative estimate of drug-likeness (QED) is 0.622. The Balaban J connectivity index is 2.25. The van der Waals surface area contributed by atoms with Crippen molar-refractivity contribution in [1.82, 2.24) is 5.32 Å². The van der Waals surface area contributed by atoms with Gasteiger partial charge in [0.05, 0.1) is 6.54 Å². The molecule has 0 radical (unpaired) electrons. The summed E-state index contributed by atoms with van der Waals surface area (Å²) in [4.78, 5) is 21.8. The zero-order valence-electron chi connectivity index (χ0n) is 8.61. The average Bonchev–Trinajstić information content (AvgIpc) is 2.26. The van der Waals surface area contributed by atoms with Crippen LogP contribution in [0.5, 0.6) is 0 Å². The standard InChI is InChI=1S/C10H17NO4/c12-8(10(14)15)6-11-9(13)7-4-2-1-3-5-7/h7-8,12H,1-6H2,(H,11,13)(H,14,15)/t8-/m0/s1. The molecule has 1 rings (SSSR count). The van der Waals surface area contributed by atoms with Gasteiger partial charge in [-0.15, -0.1) is 0 Å². The van der Waals surface area contributed by atoms with Crippen molar-refractivity contribution >= 4 is 11.9 Å². The first-order valence-electron chi connectivity index (χ1n) is 5.30. The fourth-order valence-electron chi connectivity index (χ4n) is 1.79. The molecule has 15 heavy (non-hydrogen) atoms. The van der Waals surface area contributed by atoms with E-state index in [-0.39, 0.29) is 18.4 Å². The molecule has 0 heterocycles. The van der Waals surface area contributed by atoms with Crippen LogP contribution in [0.25, 0.3) is 0 Å². The van der Waals surface area contributed by atoms with E-state index < -0.39 is 12.1 Å². The lowest BCUT2D eigenvalue weighted by atomic mass is 9.89. The number of carboxylic acid groups (broad SMARTS) is 1. The van der Waals surface area contributed by atoms with Crippen LogP contribution >= 0.6 is 0 Å². The molecule has 0 bridgehead atoms. The number of hydrogen-bond donors (Lipinski definition) is 3. The van der Waals surface area contributed by atoms with Crippen LogP contribution < -0.4 is 5.32 Å². The summed E-state index contributed by atoms with van der Waals surface area (Å²) in [6, 6.07) is 0. The largest absolute Gasteiger partial charge is 0.479 e. The minimum Gasteiger partial charge on any atom is -0.479 e. The summed E-state index contributed by atoms with van der Waals surface area (Å²) in [5.41, 5.74) is 0. The number of nitrogens with one attached hydrogen (secondary N) is 1. The molecule has 0 aromatic heterocycles. The minimum absolute atomic E-state index is 0.000236. The number of aliphatic hydroxyl groups is 1. The van der Waals surface area contributed by atoms with Crippen LogP contribution in [0.3, 0.4) is 0 Å². The van der Waals surface area contributed by atoms with Gasteiger partial charge in [-0.25, -0.2) is 4.79 Å². The highest BCUT2D eigenvalue weighted by Crippen LogP contribution is 2.23. The zero-order chi connectivity index (χ0) is 11.3. The Bertz CT molecular complexity index is 236. The Morgan fingerprint density at radius 1 is 1.27 bits per heavy atom. The Kier molecular flexibility index (Phi) is 4.55. The van der Waals surface area contributed by atoms with Crippen molar-refractivity contribution in [2.75, 3.05) is 6.54 Å². The van der Waals surface area contributed by atoms with Crippen LogP contribution in [0.1, 0.15) is 32.1 Å². The Labute approximate surface area is 88.5 Å². The first-order valence-corrected chi connectivity index (χ1v) is 5.30. The summed E-state index contributed by atoms with van der Waals surface area (Å²) in [6.45, 7) is -0.204. The normalized spacial score (nSPS) is 19.5. The molecule has 1 fully saturated rings. The van der Waals surface area contributed by atoms with Crippen molar-refractivity contribution < 1.29 is 19.8 Å². The predicted molar refractivity (Wildman–Crippen MR) is 53.2 cm³/mol. The molecule has 5 nitrogen and oxygen atoms in total. The van der Waals surface area contributed by atoms with Gasteiger partial charge in [0.2, 0.25) is 5.91 Å². The number of carbonyl (C=O) groups is 2. The van der Waals surface area contributed by atoms with Gasteiger partial charge in [0, 0.05) is 5.92 Å². The summed E-state index contributed by atoms with van der Waals surface area (Å²) in [5.74, 6) is -1.44. The fraction of sp³-hybridized carbons (Fsp3) is 0.800. The number of rotatable bonds is 4. The molecule has 0 spiro atoms. The molecular weight excluding hydrogens is 198 g/mol. The van der Waals surface area contributed by atoms with E-state index in [2.05, 4.69) is 5.32 Å². The molecule has 86 valence electrons. The van der Waals surface area contributed by atoms with Gasteiger partial charge in [-0.3, -0.25) is 4.79 Å². The van der Waals surface area contributed by atoms with Crippen LogP contribution in [0.4, 0.5) is 0 Å². The van der Waals surface area contributed by atoms with Crippen molar-refractivity contribution in [2.45, 2.75) is 38.2 Å². The number of carboxylic acids is 1. The topological polar surface area (TPSA) is 86.6 Å². The maximum atomic E-state index is 11.5. The molecule has 0 aliphatic heterocycles. The third-order valence-electron chi connectivity index (χ3n) is 2.73. The average molecular weight is 215 g/mol. The smallest absolute Gasteiger partial charge is 0.334 e. The van der Waals surface area contributed by atoms with Gasteiger partial charge in [0.15, 0.2) is 6.10 Å². The van der Waals surface area contributed by atoms with Crippen molar-refractivity contribution in [3.63, 3.8) is 0 Å². The van der Waals surface area contributed by atoms with Gasteiger partial charge in [-0.05, 0) is 12.8 Å². The highest BCUT2D eigenvalue weighted by molar-refractivity contribution is 5.80. The monoisotopic (exact) mass is 215 g/mol. The molecule has 1 aliphatic carbocycles. The number of aliphatic carboxylic acids is 1. The van der Waals surface area contributed by atoms with E-state index in [4.69, 9.17) is 10.2 Å². The van der Waals surface area contributed by atoms with E-state index in [1.807, 2.05) is 0 Å². The zero-order valence-corrected chi connectivity index (χ0v) is 8.61. The minimum atomic E-state index is -1.50. The van der Waals surface area contributed by atoms with Crippen LogP contribution in [-0.2, 0) is 9.59 Å². The molecule has 0 unspecified atom stereocenters. The maximum absolute atomic E-state index is 11.5. The van der Waals surface area contributed by atoms with Crippen molar-refractivity contribution in [1.29, 1.82) is 0 Å². The van der Waals surface area contributed by atoms with Gasteiger partial charge in [-0.1, -0.05) is 19.3 Å². The Morgan fingerprint density at radius 3 is 2.40 bits per heavy atom. The van der Waals surface area contributed by atoms with Crippen molar-refractivity contribution in [3.8, 4) is 0 Å². The third kappa shape index (κ3) is 3.87. The van der Waals surface area contributed by atoms with Gasteiger partial charge >= 0.3 is 5.97 Å². The maximum Gasteiger partial charge on any atom is 0.334 e. The summed E-state index contributed by atoms with van der Waals surface area (Å²) in [6.07, 6.45) is 3.52. The number of aliphatic hydroxyl groups excluding tert-OH is 1. The molecule has 3 N–H and O–H groups in total. The fourth-order valence-corrected chi connectivity index (χ4v) is 1.79. The molecule has 1 saturated carbocycles. The SMILES string of the molecule is O=C(NC[C@H](O)C(=O)O)C1CCCCC1. The second-order valence-corrected chi connectivity index (χ2v) is 3.93. The van der Waals surface area contributed by atoms with Crippen molar-refractivity contribution in [2.24, 2.45) is 5.92 Å². The van der Waals surface area contributed by atoms with Gasteiger partial charge in [-0.2, -0.15) is 0 Å². The van der Waals surface area contributed by atoms with Crippen molar-refractivity contribution in [3.05, 3.63) is 0 Å². The molecule has 0 saturated heterocycles. The summed E-state index contributed by atoms with van der Waals surface area (Å²) >= 11 is 0. The second kappa shape index (κ2) is 5.70. The Morgan fingerprint density at radius 2 is 1.87 bits per heavy atom. The summed E-state index contributed by atoms with van der Waals surface area (Å²) < 4.78 is 0. The number of carbonyl (C=O) groups excluding carboxylic acids is 1. The van der Waals surface area contributed by atoms with Crippen LogP contribution in [0, 0.1) is 5.92 Å². The molecule has 0 aromatic rings. The highest BCUT2D eigenvalue weighted by Gasteiger charge is 2.22. The molecular formula is C10H17NO4. The summed E-state index contributed by atoms with van der Waals surface area (Å²) in [7, 11) is 0. The van der Waals surface area contributed by atoms with E-state index in [0.29, 0.717) is 0 Å². The second-order valence-electron chi connectivity index (χ2n) is 3.93. The predicted octanol–water partition coefficient (Wildman–Crippen LogP) is 0.128. The Hall–Kier alpha value is -1.10.